The summed E-state index contributed by atoms with van der Waals surface area (Å²) < 4.78 is 0. The largest absolute Gasteiger partial charge is 0.353 e. The summed E-state index contributed by atoms with van der Waals surface area (Å²) >= 11 is 1.63. The van der Waals surface area contributed by atoms with Crippen molar-refractivity contribution in [1.82, 2.24) is 15.3 Å². The van der Waals surface area contributed by atoms with Crippen LogP contribution in [0.2, 0.25) is 0 Å². The van der Waals surface area contributed by atoms with Gasteiger partial charge in [0.25, 0.3) is 0 Å². The van der Waals surface area contributed by atoms with Crippen molar-refractivity contribution in [2.45, 2.75) is 6.04 Å². The summed E-state index contributed by atoms with van der Waals surface area (Å²) in [5.74, 6) is 0.719. The van der Waals surface area contributed by atoms with Crippen molar-refractivity contribution in [2.75, 3.05) is 24.5 Å². The molecule has 1 saturated heterocycles. The Morgan fingerprint density at radius 3 is 2.77 bits per heavy atom. The monoisotopic (exact) mass is 426 g/mol. The molecule has 31 heavy (non-hydrogen) atoms. The Labute approximate surface area is 185 Å². The van der Waals surface area contributed by atoms with Crippen molar-refractivity contribution in [2.24, 2.45) is 0 Å². The molecule has 0 radical (unpaired) electrons. The summed E-state index contributed by atoms with van der Waals surface area (Å²) in [7, 11) is 0. The van der Waals surface area contributed by atoms with Crippen LogP contribution in [0.15, 0.2) is 83.8 Å². The average Bonchev–Trinajstić information content (AvgIpc) is 3.40. The Morgan fingerprint density at radius 1 is 1.03 bits per heavy atom. The van der Waals surface area contributed by atoms with Crippen LogP contribution in [0.5, 0.6) is 0 Å². The molecule has 0 saturated carbocycles. The normalized spacial score (nSPS) is 16.3. The number of anilines is 1. The quantitative estimate of drug-likeness (QED) is 0.473. The topological polar surface area (TPSA) is 58.1 Å². The second-order valence-electron chi connectivity index (χ2n) is 7.55. The number of benzene rings is 1. The van der Waals surface area contributed by atoms with E-state index in [9.17, 15) is 4.79 Å². The molecule has 1 fully saturated rings. The molecule has 4 aromatic rings. The van der Waals surface area contributed by atoms with Crippen molar-refractivity contribution in [3.63, 3.8) is 0 Å². The fraction of sp³-hybridized carbons (Fsp3) is 0.160. The van der Waals surface area contributed by atoms with E-state index in [2.05, 4.69) is 44.8 Å². The molecule has 4 heterocycles. The highest BCUT2D eigenvalue weighted by molar-refractivity contribution is 7.08. The van der Waals surface area contributed by atoms with Gasteiger partial charge in [0, 0.05) is 49.2 Å². The lowest BCUT2D eigenvalue weighted by molar-refractivity contribution is 0.103. The standard InChI is InChI=1S/C25H22N4OS/c30-25(21-13-20(14-26-15-21)19-9-12-31-17-19)22-7-4-8-24(28-22)29-11-10-27-23(16-29)18-5-2-1-3-6-18/h1-9,12-15,17,23,27H,10-11,16H2. The number of ketones is 1. The lowest BCUT2D eigenvalue weighted by Gasteiger charge is -2.35. The third-order valence-electron chi connectivity index (χ3n) is 5.52. The van der Waals surface area contributed by atoms with Crippen LogP contribution in [-0.2, 0) is 0 Å². The molecule has 3 aromatic heterocycles. The van der Waals surface area contributed by atoms with E-state index in [1.807, 2.05) is 35.7 Å². The van der Waals surface area contributed by atoms with E-state index in [0.717, 1.165) is 36.6 Å². The van der Waals surface area contributed by atoms with Gasteiger partial charge in [0.15, 0.2) is 0 Å². The van der Waals surface area contributed by atoms with Gasteiger partial charge < -0.3 is 10.2 Å². The second kappa shape index (κ2) is 8.79. The molecule has 1 atom stereocenters. The van der Waals surface area contributed by atoms with Gasteiger partial charge in [-0.25, -0.2) is 4.98 Å². The van der Waals surface area contributed by atoms with Crippen molar-refractivity contribution in [3.8, 4) is 11.1 Å². The van der Waals surface area contributed by atoms with Crippen LogP contribution in [0.4, 0.5) is 5.82 Å². The molecule has 6 heteroatoms. The summed E-state index contributed by atoms with van der Waals surface area (Å²) in [4.78, 5) is 24.4. The summed E-state index contributed by atoms with van der Waals surface area (Å²) in [6.07, 6.45) is 3.40. The molecule has 5 nitrogen and oxygen atoms in total. The summed E-state index contributed by atoms with van der Waals surface area (Å²) in [5, 5.41) is 7.65. The molecular formula is C25H22N4OS. The lowest BCUT2D eigenvalue weighted by atomic mass is 10.0. The minimum Gasteiger partial charge on any atom is -0.353 e. The fourth-order valence-electron chi connectivity index (χ4n) is 3.89. The van der Waals surface area contributed by atoms with Crippen LogP contribution >= 0.6 is 11.3 Å². The van der Waals surface area contributed by atoms with E-state index >= 15 is 0 Å². The summed E-state index contributed by atoms with van der Waals surface area (Å²) in [5.41, 5.74) is 4.26. The van der Waals surface area contributed by atoms with Crippen LogP contribution < -0.4 is 10.2 Å². The number of rotatable bonds is 5. The molecule has 1 aliphatic heterocycles. The van der Waals surface area contributed by atoms with Gasteiger partial charge in [-0.15, -0.1) is 0 Å². The number of carbonyl (C=O) groups is 1. The number of aromatic nitrogens is 2. The zero-order valence-corrected chi connectivity index (χ0v) is 17.8. The Kier molecular flexibility index (Phi) is 5.56. The second-order valence-corrected chi connectivity index (χ2v) is 8.33. The first kappa shape index (κ1) is 19.6. The number of nitrogens with one attached hydrogen (secondary N) is 1. The average molecular weight is 427 g/mol. The summed E-state index contributed by atoms with van der Waals surface area (Å²) in [6.45, 7) is 2.53. The Bertz CT molecular complexity index is 1180. The van der Waals surface area contributed by atoms with Crippen molar-refractivity contribution in [3.05, 3.63) is 101 Å². The molecule has 0 amide bonds. The van der Waals surface area contributed by atoms with Crippen LogP contribution in [0.25, 0.3) is 11.1 Å². The number of carbonyl (C=O) groups excluding carboxylic acids is 1. The number of piperazine rings is 1. The predicted octanol–water partition coefficient (Wildman–Crippen LogP) is 4.59. The maximum Gasteiger partial charge on any atom is 0.212 e. The molecule has 1 aliphatic rings. The van der Waals surface area contributed by atoms with Crippen molar-refractivity contribution < 1.29 is 4.79 Å². The number of pyridine rings is 2. The van der Waals surface area contributed by atoms with Gasteiger partial charge >= 0.3 is 0 Å². The third kappa shape index (κ3) is 4.26. The van der Waals surface area contributed by atoms with Crippen LogP contribution in [-0.4, -0.2) is 35.4 Å². The molecular weight excluding hydrogens is 404 g/mol. The molecule has 0 aliphatic carbocycles. The first-order valence-electron chi connectivity index (χ1n) is 10.3. The predicted molar refractivity (Wildman–Crippen MR) is 125 cm³/mol. The molecule has 0 spiro atoms. The fourth-order valence-corrected chi connectivity index (χ4v) is 4.56. The van der Waals surface area contributed by atoms with E-state index in [1.54, 1.807) is 29.8 Å². The minimum atomic E-state index is -0.110. The summed E-state index contributed by atoms with van der Waals surface area (Å²) in [6, 6.07) is 20.3. The van der Waals surface area contributed by atoms with E-state index in [0.29, 0.717) is 11.3 Å². The number of hydrogen-bond acceptors (Lipinski definition) is 6. The molecule has 0 bridgehead atoms. The van der Waals surface area contributed by atoms with Crippen molar-refractivity contribution in [1.29, 1.82) is 0 Å². The highest BCUT2D eigenvalue weighted by Crippen LogP contribution is 2.24. The van der Waals surface area contributed by atoms with Crippen LogP contribution in [0.3, 0.4) is 0 Å². The molecule has 5 rings (SSSR count). The highest BCUT2D eigenvalue weighted by Gasteiger charge is 2.22. The van der Waals surface area contributed by atoms with Gasteiger partial charge in [-0.3, -0.25) is 9.78 Å². The zero-order chi connectivity index (χ0) is 21.0. The lowest BCUT2D eigenvalue weighted by Crippen LogP contribution is -2.46. The number of thiophene rings is 1. The smallest absolute Gasteiger partial charge is 0.212 e. The first-order chi connectivity index (χ1) is 15.3. The number of hydrogen-bond donors (Lipinski definition) is 1. The molecule has 1 N–H and O–H groups in total. The van der Waals surface area contributed by atoms with E-state index in [4.69, 9.17) is 4.98 Å². The van der Waals surface area contributed by atoms with Crippen LogP contribution in [0.1, 0.15) is 27.7 Å². The first-order valence-corrected chi connectivity index (χ1v) is 11.2. The van der Waals surface area contributed by atoms with Gasteiger partial charge in [0.2, 0.25) is 5.78 Å². The Hall–Kier alpha value is -3.35. The Morgan fingerprint density at radius 2 is 1.94 bits per heavy atom. The molecule has 154 valence electrons. The maximum atomic E-state index is 13.2. The molecule has 1 unspecified atom stereocenters. The minimum absolute atomic E-state index is 0.110. The SMILES string of the molecule is O=C(c1cncc(-c2ccsc2)c1)c1cccc(N2CCNC(c3ccccc3)C2)n1. The highest BCUT2D eigenvalue weighted by atomic mass is 32.1. The van der Waals surface area contributed by atoms with Gasteiger partial charge in [0.05, 0.1) is 0 Å². The van der Waals surface area contributed by atoms with E-state index in [1.165, 1.54) is 5.56 Å². The maximum absolute atomic E-state index is 13.2. The number of nitrogens with zero attached hydrogens (tertiary/aromatic N) is 3. The van der Waals surface area contributed by atoms with Gasteiger partial charge in [-0.1, -0.05) is 36.4 Å². The van der Waals surface area contributed by atoms with Gasteiger partial charge in [-0.05, 0) is 46.2 Å². The van der Waals surface area contributed by atoms with Gasteiger partial charge in [-0.2, -0.15) is 11.3 Å². The van der Waals surface area contributed by atoms with Crippen LogP contribution in [0, 0.1) is 0 Å². The van der Waals surface area contributed by atoms with E-state index in [-0.39, 0.29) is 11.8 Å². The van der Waals surface area contributed by atoms with Crippen molar-refractivity contribution >= 4 is 22.9 Å². The molecule has 1 aromatic carbocycles. The third-order valence-corrected chi connectivity index (χ3v) is 6.21. The zero-order valence-electron chi connectivity index (χ0n) is 16.9. The Balaban J connectivity index is 1.38. The van der Waals surface area contributed by atoms with Gasteiger partial charge in [0.1, 0.15) is 11.5 Å². The van der Waals surface area contributed by atoms with E-state index < -0.39 is 0 Å².